The predicted octanol–water partition coefficient (Wildman–Crippen LogP) is 6.29. The highest BCUT2D eigenvalue weighted by Crippen LogP contribution is 2.32. The van der Waals surface area contributed by atoms with E-state index in [-0.39, 0.29) is 0 Å². The lowest BCUT2D eigenvalue weighted by Crippen LogP contribution is -1.94. The Labute approximate surface area is 162 Å². The first-order chi connectivity index (χ1) is 11.6. The molecule has 0 heterocycles. The zero-order valence-electron chi connectivity index (χ0n) is 12.5. The predicted molar refractivity (Wildman–Crippen MR) is 107 cm³/mol. The van der Waals surface area contributed by atoms with Crippen LogP contribution >= 0.6 is 46.1 Å². The molecule has 120 valence electrons. The number of aromatic carboxylic acids is 1. The van der Waals surface area contributed by atoms with E-state index in [2.05, 4.69) is 71.1 Å². The van der Waals surface area contributed by atoms with Crippen molar-refractivity contribution in [2.24, 2.45) is 0 Å². The van der Waals surface area contributed by atoms with Crippen LogP contribution in [0, 0.1) is 3.57 Å². The van der Waals surface area contributed by atoms with Crippen molar-refractivity contribution >= 4 is 52.1 Å². The van der Waals surface area contributed by atoms with E-state index in [4.69, 9.17) is 5.11 Å². The van der Waals surface area contributed by atoms with Gasteiger partial charge in [0.25, 0.3) is 0 Å². The third-order valence-corrected chi connectivity index (χ3v) is 5.96. The second-order valence-corrected chi connectivity index (χ2v) is 8.50. The summed E-state index contributed by atoms with van der Waals surface area (Å²) in [6, 6.07) is 23.8. The number of benzene rings is 3. The fourth-order valence-electron chi connectivity index (χ4n) is 2.02. The maximum absolute atomic E-state index is 10.9. The van der Waals surface area contributed by atoms with Gasteiger partial charge in [0.2, 0.25) is 0 Å². The minimum absolute atomic E-state index is 0.309. The molecular formula is C19H13IO2S2. The van der Waals surface area contributed by atoms with Crippen LogP contribution in [0.1, 0.15) is 10.4 Å². The van der Waals surface area contributed by atoms with E-state index in [9.17, 15) is 4.79 Å². The first kappa shape index (κ1) is 17.4. The average molecular weight is 464 g/mol. The summed E-state index contributed by atoms with van der Waals surface area (Å²) in [5, 5.41) is 8.92. The van der Waals surface area contributed by atoms with E-state index < -0.39 is 5.97 Å². The van der Waals surface area contributed by atoms with Gasteiger partial charge in [-0.15, -0.1) is 0 Å². The number of carboxylic acids is 1. The molecule has 0 saturated carbocycles. The fraction of sp³-hybridized carbons (Fsp3) is 0. The molecule has 0 bridgehead atoms. The maximum Gasteiger partial charge on any atom is 0.335 e. The summed E-state index contributed by atoms with van der Waals surface area (Å²) in [5.74, 6) is -0.900. The summed E-state index contributed by atoms with van der Waals surface area (Å²) in [4.78, 5) is 15.4. The van der Waals surface area contributed by atoms with Crippen molar-refractivity contribution in [2.45, 2.75) is 19.6 Å². The lowest BCUT2D eigenvalue weighted by molar-refractivity contribution is 0.0697. The van der Waals surface area contributed by atoms with E-state index in [1.165, 1.54) is 13.4 Å². The molecule has 0 unspecified atom stereocenters. The fourth-order valence-corrected chi connectivity index (χ4v) is 4.01. The van der Waals surface area contributed by atoms with Crippen molar-refractivity contribution in [1.29, 1.82) is 0 Å². The van der Waals surface area contributed by atoms with Gasteiger partial charge < -0.3 is 5.11 Å². The summed E-state index contributed by atoms with van der Waals surface area (Å²) < 4.78 is 1.23. The minimum atomic E-state index is -0.900. The van der Waals surface area contributed by atoms with Gasteiger partial charge in [0, 0.05) is 23.2 Å². The summed E-state index contributed by atoms with van der Waals surface area (Å²) in [6.45, 7) is 0. The number of carboxylic acid groups (broad SMARTS) is 1. The molecule has 0 spiro atoms. The molecule has 0 radical (unpaired) electrons. The van der Waals surface area contributed by atoms with Crippen molar-refractivity contribution in [3.8, 4) is 0 Å². The van der Waals surface area contributed by atoms with Gasteiger partial charge in [0.05, 0.1) is 5.56 Å². The van der Waals surface area contributed by atoms with Crippen LogP contribution < -0.4 is 0 Å². The quantitative estimate of drug-likeness (QED) is 0.451. The third kappa shape index (κ3) is 4.78. The summed E-state index contributed by atoms with van der Waals surface area (Å²) in [6.07, 6.45) is 0. The van der Waals surface area contributed by atoms with Gasteiger partial charge in [-0.25, -0.2) is 4.79 Å². The van der Waals surface area contributed by atoms with Gasteiger partial charge in [0.15, 0.2) is 0 Å². The van der Waals surface area contributed by atoms with Crippen LogP contribution in [0.5, 0.6) is 0 Å². The Morgan fingerprint density at radius 1 is 0.667 bits per heavy atom. The molecular weight excluding hydrogens is 451 g/mol. The molecule has 0 atom stereocenters. The Kier molecular flexibility index (Phi) is 5.86. The van der Waals surface area contributed by atoms with Gasteiger partial charge in [-0.2, -0.15) is 0 Å². The Morgan fingerprint density at radius 2 is 1.00 bits per heavy atom. The molecule has 0 amide bonds. The largest absolute Gasteiger partial charge is 0.478 e. The minimum Gasteiger partial charge on any atom is -0.478 e. The van der Waals surface area contributed by atoms with Crippen LogP contribution in [0.3, 0.4) is 0 Å². The SMILES string of the molecule is O=C(O)c1ccc(Sc2ccc(Sc3ccc(I)cc3)cc2)cc1. The van der Waals surface area contributed by atoms with E-state index in [0.717, 1.165) is 9.79 Å². The first-order valence-corrected chi connectivity index (χ1v) is 9.86. The lowest BCUT2D eigenvalue weighted by Gasteiger charge is -2.05. The lowest BCUT2D eigenvalue weighted by atomic mass is 10.2. The molecule has 24 heavy (non-hydrogen) atoms. The Morgan fingerprint density at radius 3 is 1.38 bits per heavy atom. The van der Waals surface area contributed by atoms with Crippen LogP contribution in [-0.2, 0) is 0 Å². The van der Waals surface area contributed by atoms with Gasteiger partial charge in [-0.1, -0.05) is 23.5 Å². The molecule has 3 aromatic rings. The molecule has 3 rings (SSSR count). The van der Waals surface area contributed by atoms with Crippen molar-refractivity contribution in [3.05, 3.63) is 81.9 Å². The van der Waals surface area contributed by atoms with Crippen LogP contribution in [-0.4, -0.2) is 11.1 Å². The molecule has 0 aliphatic rings. The standard InChI is InChI=1S/C19H13IO2S2/c20-14-3-7-16(8-4-14)24-18-11-9-17(10-12-18)23-15-5-1-13(2-6-15)19(21)22/h1-12H,(H,21,22). The molecule has 0 fully saturated rings. The van der Waals surface area contributed by atoms with Crippen LogP contribution in [0.15, 0.2) is 92.4 Å². The maximum atomic E-state index is 10.9. The summed E-state index contributed by atoms with van der Waals surface area (Å²) in [7, 11) is 0. The van der Waals surface area contributed by atoms with E-state index in [0.29, 0.717) is 5.56 Å². The van der Waals surface area contributed by atoms with E-state index in [1.54, 1.807) is 35.7 Å². The molecule has 3 aromatic carbocycles. The Hall–Kier alpha value is -1.44. The highest BCUT2D eigenvalue weighted by molar-refractivity contribution is 14.1. The number of halogens is 1. The van der Waals surface area contributed by atoms with Crippen molar-refractivity contribution in [3.63, 3.8) is 0 Å². The highest BCUT2D eigenvalue weighted by Gasteiger charge is 2.03. The second kappa shape index (κ2) is 8.09. The van der Waals surface area contributed by atoms with Gasteiger partial charge in [0.1, 0.15) is 0 Å². The highest BCUT2D eigenvalue weighted by atomic mass is 127. The monoisotopic (exact) mass is 464 g/mol. The normalized spacial score (nSPS) is 10.5. The van der Waals surface area contributed by atoms with Crippen molar-refractivity contribution in [1.82, 2.24) is 0 Å². The van der Waals surface area contributed by atoms with E-state index in [1.807, 2.05) is 12.1 Å². The first-order valence-electron chi connectivity index (χ1n) is 7.15. The van der Waals surface area contributed by atoms with Crippen molar-refractivity contribution in [2.75, 3.05) is 0 Å². The number of hydrogen-bond donors (Lipinski definition) is 1. The van der Waals surface area contributed by atoms with Gasteiger partial charge >= 0.3 is 5.97 Å². The van der Waals surface area contributed by atoms with Crippen molar-refractivity contribution < 1.29 is 9.90 Å². The molecule has 0 saturated heterocycles. The van der Waals surface area contributed by atoms with Crippen LogP contribution in [0.25, 0.3) is 0 Å². The molecule has 0 aromatic heterocycles. The third-order valence-electron chi connectivity index (χ3n) is 3.21. The average Bonchev–Trinajstić information content (AvgIpc) is 2.59. The molecule has 2 nitrogen and oxygen atoms in total. The van der Waals surface area contributed by atoms with Crippen LogP contribution in [0.2, 0.25) is 0 Å². The molecule has 0 aliphatic heterocycles. The number of rotatable bonds is 5. The smallest absolute Gasteiger partial charge is 0.335 e. The van der Waals surface area contributed by atoms with Crippen LogP contribution in [0.4, 0.5) is 0 Å². The number of hydrogen-bond acceptors (Lipinski definition) is 3. The Balaban J connectivity index is 1.65. The molecule has 5 heteroatoms. The molecule has 1 N–H and O–H groups in total. The second-order valence-electron chi connectivity index (χ2n) is 4.96. The Bertz CT molecular complexity index is 829. The summed E-state index contributed by atoms with van der Waals surface area (Å²) in [5.41, 5.74) is 0.309. The zero-order chi connectivity index (χ0) is 16.9. The zero-order valence-corrected chi connectivity index (χ0v) is 16.3. The van der Waals surface area contributed by atoms with Gasteiger partial charge in [-0.3, -0.25) is 0 Å². The number of carbonyl (C=O) groups is 1. The summed E-state index contributed by atoms with van der Waals surface area (Å²) >= 11 is 5.66. The molecule has 0 aliphatic carbocycles. The van der Waals surface area contributed by atoms with E-state index >= 15 is 0 Å². The topological polar surface area (TPSA) is 37.3 Å². The van der Waals surface area contributed by atoms with Gasteiger partial charge in [-0.05, 0) is 95.4 Å².